The van der Waals surface area contributed by atoms with Gasteiger partial charge in [-0.05, 0) is 32.1 Å². The molecule has 0 heterocycles. The van der Waals surface area contributed by atoms with Crippen LogP contribution in [0.4, 0.5) is 0 Å². The minimum atomic E-state index is -2.63. The summed E-state index contributed by atoms with van der Waals surface area (Å²) in [5.41, 5.74) is -3.25. The predicted molar refractivity (Wildman–Crippen MR) is 71.7 cm³/mol. The smallest absolute Gasteiger partial charge is 0.336 e. The average Bonchev–Trinajstić information content (AvgIpc) is 2.38. The molecule has 0 bridgehead atoms. The number of carbonyl (C=O) groups excluding carboxylic acids is 1. The largest absolute Gasteiger partial charge is 0.481 e. The molecule has 1 aliphatic carbocycles. The van der Waals surface area contributed by atoms with E-state index >= 15 is 0 Å². The van der Waals surface area contributed by atoms with Gasteiger partial charge in [-0.3, -0.25) is 9.59 Å². The van der Waals surface area contributed by atoms with Gasteiger partial charge in [0.15, 0.2) is 5.60 Å². The van der Waals surface area contributed by atoms with E-state index in [1.54, 1.807) is 0 Å². The van der Waals surface area contributed by atoms with Gasteiger partial charge in [0.1, 0.15) is 5.60 Å². The SMILES string of the molecule is CCC1(OC(=O)CC(O)(CC(=O)O)C(=O)O)CCCCC1. The number of aliphatic hydroxyl groups is 1. The molecule has 1 aliphatic rings. The molecule has 0 radical (unpaired) electrons. The van der Waals surface area contributed by atoms with Crippen LogP contribution in [-0.2, 0) is 19.1 Å². The second kappa shape index (κ2) is 6.89. The highest BCUT2D eigenvalue weighted by molar-refractivity contribution is 5.88. The van der Waals surface area contributed by atoms with E-state index in [-0.39, 0.29) is 0 Å². The summed E-state index contributed by atoms with van der Waals surface area (Å²) < 4.78 is 5.40. The van der Waals surface area contributed by atoms with Gasteiger partial charge in [0.2, 0.25) is 0 Å². The maximum Gasteiger partial charge on any atom is 0.336 e. The Bertz CT molecular complexity index is 412. The van der Waals surface area contributed by atoms with Crippen LogP contribution >= 0.6 is 0 Å². The fourth-order valence-corrected chi connectivity index (χ4v) is 2.70. The zero-order valence-electron chi connectivity index (χ0n) is 12.1. The molecule has 0 spiro atoms. The molecule has 21 heavy (non-hydrogen) atoms. The maximum atomic E-state index is 11.9. The molecule has 0 aromatic carbocycles. The zero-order chi connectivity index (χ0) is 16.1. The lowest BCUT2D eigenvalue weighted by molar-refractivity contribution is -0.180. The van der Waals surface area contributed by atoms with Crippen molar-refractivity contribution in [2.45, 2.75) is 69.5 Å². The molecule has 0 amide bonds. The van der Waals surface area contributed by atoms with Gasteiger partial charge in [0.05, 0.1) is 12.8 Å². The van der Waals surface area contributed by atoms with Crippen molar-refractivity contribution in [2.24, 2.45) is 0 Å². The normalized spacial score (nSPS) is 20.3. The Morgan fingerprint density at radius 2 is 1.67 bits per heavy atom. The van der Waals surface area contributed by atoms with E-state index in [9.17, 15) is 19.5 Å². The third kappa shape index (κ3) is 4.70. The van der Waals surface area contributed by atoms with E-state index in [2.05, 4.69) is 0 Å². The molecule has 1 rings (SSSR count). The molecule has 1 saturated carbocycles. The van der Waals surface area contributed by atoms with E-state index in [4.69, 9.17) is 14.9 Å². The molecule has 3 N–H and O–H groups in total. The molecular formula is C14H22O7. The van der Waals surface area contributed by atoms with Crippen molar-refractivity contribution in [1.29, 1.82) is 0 Å². The van der Waals surface area contributed by atoms with Crippen LogP contribution < -0.4 is 0 Å². The molecule has 1 unspecified atom stereocenters. The Labute approximate surface area is 122 Å². The summed E-state index contributed by atoms with van der Waals surface area (Å²) in [4.78, 5) is 33.6. The van der Waals surface area contributed by atoms with Crippen molar-refractivity contribution in [1.82, 2.24) is 0 Å². The summed E-state index contributed by atoms with van der Waals surface area (Å²) in [6, 6.07) is 0. The van der Waals surface area contributed by atoms with Gasteiger partial charge in [-0.15, -0.1) is 0 Å². The van der Waals surface area contributed by atoms with Crippen molar-refractivity contribution in [3.05, 3.63) is 0 Å². The number of esters is 1. The summed E-state index contributed by atoms with van der Waals surface area (Å²) >= 11 is 0. The second-order valence-electron chi connectivity index (χ2n) is 5.66. The minimum absolute atomic E-state index is 0.613. The predicted octanol–water partition coefficient (Wildman–Crippen LogP) is 1.32. The van der Waals surface area contributed by atoms with Crippen LogP contribution in [0.15, 0.2) is 0 Å². The molecule has 1 atom stereocenters. The zero-order valence-corrected chi connectivity index (χ0v) is 12.1. The first-order chi connectivity index (χ1) is 9.73. The number of hydrogen-bond acceptors (Lipinski definition) is 5. The summed E-state index contributed by atoms with van der Waals surface area (Å²) in [6.45, 7) is 1.89. The van der Waals surface area contributed by atoms with Gasteiger partial charge >= 0.3 is 17.9 Å². The fourth-order valence-electron chi connectivity index (χ4n) is 2.70. The molecule has 7 heteroatoms. The molecule has 0 aliphatic heterocycles. The van der Waals surface area contributed by atoms with Crippen LogP contribution in [0.5, 0.6) is 0 Å². The number of rotatable bonds is 7. The second-order valence-corrected chi connectivity index (χ2v) is 5.66. The number of ether oxygens (including phenoxy) is 1. The summed E-state index contributed by atoms with van der Waals surface area (Å²) in [6.07, 6.45) is 3.05. The lowest BCUT2D eigenvalue weighted by Gasteiger charge is -2.36. The standard InChI is InChI=1S/C14H22O7/c1-2-13(6-4-3-5-7-13)21-11(17)9-14(20,12(18)19)8-10(15)16/h20H,2-9H2,1H3,(H,15,16)(H,18,19). The van der Waals surface area contributed by atoms with Crippen LogP contribution in [0.1, 0.15) is 58.3 Å². The highest BCUT2D eigenvalue weighted by atomic mass is 16.6. The van der Waals surface area contributed by atoms with Gasteiger partial charge < -0.3 is 20.1 Å². The number of aliphatic carboxylic acids is 2. The molecule has 7 nitrogen and oxygen atoms in total. The molecule has 0 aromatic rings. The van der Waals surface area contributed by atoms with Crippen LogP contribution in [0.3, 0.4) is 0 Å². The first-order valence-electron chi connectivity index (χ1n) is 7.12. The van der Waals surface area contributed by atoms with Crippen molar-refractivity contribution >= 4 is 17.9 Å². The lowest BCUT2D eigenvalue weighted by Crippen LogP contribution is -2.45. The monoisotopic (exact) mass is 302 g/mol. The Morgan fingerprint density at radius 3 is 2.10 bits per heavy atom. The third-order valence-corrected chi connectivity index (χ3v) is 4.02. The highest BCUT2D eigenvalue weighted by Crippen LogP contribution is 2.35. The number of carbonyl (C=O) groups is 3. The van der Waals surface area contributed by atoms with Gasteiger partial charge in [-0.1, -0.05) is 13.3 Å². The average molecular weight is 302 g/mol. The van der Waals surface area contributed by atoms with E-state index in [0.717, 1.165) is 19.3 Å². The number of carboxylic acid groups (broad SMARTS) is 2. The van der Waals surface area contributed by atoms with Crippen LogP contribution in [0, 0.1) is 0 Å². The van der Waals surface area contributed by atoms with Gasteiger partial charge in [-0.2, -0.15) is 0 Å². The summed E-state index contributed by atoms with van der Waals surface area (Å²) in [5, 5.41) is 27.4. The van der Waals surface area contributed by atoms with Gasteiger partial charge in [-0.25, -0.2) is 4.79 Å². The highest BCUT2D eigenvalue weighted by Gasteiger charge is 2.43. The van der Waals surface area contributed by atoms with E-state index in [1.165, 1.54) is 0 Å². The van der Waals surface area contributed by atoms with Gasteiger partial charge in [0.25, 0.3) is 0 Å². The van der Waals surface area contributed by atoms with E-state index in [0.29, 0.717) is 19.3 Å². The third-order valence-electron chi connectivity index (χ3n) is 4.02. The summed E-state index contributed by atoms with van der Waals surface area (Å²) in [7, 11) is 0. The first-order valence-corrected chi connectivity index (χ1v) is 7.12. The Balaban J connectivity index is 2.73. The fraction of sp³-hybridized carbons (Fsp3) is 0.786. The van der Waals surface area contributed by atoms with Gasteiger partial charge in [0, 0.05) is 0 Å². The van der Waals surface area contributed by atoms with Crippen LogP contribution in [0.25, 0.3) is 0 Å². The van der Waals surface area contributed by atoms with E-state index < -0.39 is 42.0 Å². The molecular weight excluding hydrogens is 280 g/mol. The van der Waals surface area contributed by atoms with Crippen molar-refractivity contribution in [3.63, 3.8) is 0 Å². The minimum Gasteiger partial charge on any atom is -0.481 e. The Hall–Kier alpha value is -1.63. The van der Waals surface area contributed by atoms with Crippen LogP contribution in [-0.4, -0.2) is 44.4 Å². The van der Waals surface area contributed by atoms with E-state index in [1.807, 2.05) is 6.92 Å². The van der Waals surface area contributed by atoms with Crippen LogP contribution in [0.2, 0.25) is 0 Å². The van der Waals surface area contributed by atoms with Crippen molar-refractivity contribution in [3.8, 4) is 0 Å². The molecule has 1 fully saturated rings. The first kappa shape index (κ1) is 17.4. The number of hydrogen-bond donors (Lipinski definition) is 3. The van der Waals surface area contributed by atoms with Crippen molar-refractivity contribution in [2.75, 3.05) is 0 Å². The summed E-state index contributed by atoms with van der Waals surface area (Å²) in [5.74, 6) is -4.10. The van der Waals surface area contributed by atoms with Crippen molar-refractivity contribution < 1.29 is 34.4 Å². The molecule has 120 valence electrons. The Kier molecular flexibility index (Phi) is 5.71. The molecule has 0 aromatic heterocycles. The number of carboxylic acids is 2. The quantitative estimate of drug-likeness (QED) is 0.606. The lowest BCUT2D eigenvalue weighted by atomic mass is 9.82. The molecule has 0 saturated heterocycles. The maximum absolute atomic E-state index is 11.9. The topological polar surface area (TPSA) is 121 Å². The Morgan fingerprint density at radius 1 is 1.10 bits per heavy atom.